The van der Waals surface area contributed by atoms with Gasteiger partial charge in [0.2, 0.25) is 20.0 Å². The lowest BCUT2D eigenvalue weighted by Gasteiger charge is -2.23. The number of rotatable bonds is 6. The number of thiophene rings is 1. The van der Waals surface area contributed by atoms with Crippen LogP contribution in [0.1, 0.15) is 36.6 Å². The molecular formula is C17H20N2O4S3. The van der Waals surface area contributed by atoms with Crippen LogP contribution in [-0.4, -0.2) is 33.7 Å². The maximum atomic E-state index is 13.2. The average Bonchev–Trinajstić information content (AvgIpc) is 3.07. The van der Waals surface area contributed by atoms with Crippen LogP contribution in [0.25, 0.3) is 0 Å². The van der Waals surface area contributed by atoms with Crippen molar-refractivity contribution in [2.45, 2.75) is 47.6 Å². The Morgan fingerprint density at radius 3 is 2.46 bits per heavy atom. The van der Waals surface area contributed by atoms with E-state index in [-0.39, 0.29) is 21.9 Å². The summed E-state index contributed by atoms with van der Waals surface area (Å²) >= 11 is 1.54. The average molecular weight is 413 g/mol. The summed E-state index contributed by atoms with van der Waals surface area (Å²) in [5.74, 6) is 0. The fourth-order valence-corrected chi connectivity index (χ4v) is 7.30. The molecule has 1 atom stereocenters. The Morgan fingerprint density at radius 1 is 1.00 bits per heavy atom. The van der Waals surface area contributed by atoms with Gasteiger partial charge in [0.05, 0.1) is 15.8 Å². The Kier molecular flexibility index (Phi) is 4.68. The molecule has 2 heterocycles. The summed E-state index contributed by atoms with van der Waals surface area (Å²) in [4.78, 5) is 1.04. The summed E-state index contributed by atoms with van der Waals surface area (Å²) in [5, 5.41) is 1.94. The van der Waals surface area contributed by atoms with Gasteiger partial charge in [0, 0.05) is 17.5 Å². The predicted octanol–water partition coefficient (Wildman–Crippen LogP) is 2.71. The van der Waals surface area contributed by atoms with Gasteiger partial charge in [0.25, 0.3) is 0 Å². The highest BCUT2D eigenvalue weighted by atomic mass is 32.2. The number of hydrogen-bond donors (Lipinski definition) is 1. The first-order valence-electron chi connectivity index (χ1n) is 8.55. The molecule has 26 heavy (non-hydrogen) atoms. The molecule has 1 N–H and O–H groups in total. The Balaban J connectivity index is 1.67. The zero-order valence-corrected chi connectivity index (χ0v) is 16.5. The SMILES string of the molecule is O=S(=O)(NC1CC1)c1cccc(S(=O)(=O)N2CCCC2c2cccs2)c1. The molecule has 9 heteroatoms. The molecule has 0 amide bonds. The molecule has 1 unspecified atom stereocenters. The lowest BCUT2D eigenvalue weighted by molar-refractivity contribution is 0.401. The van der Waals surface area contributed by atoms with E-state index in [4.69, 9.17) is 0 Å². The van der Waals surface area contributed by atoms with E-state index in [1.807, 2.05) is 17.5 Å². The first-order chi connectivity index (χ1) is 12.4. The van der Waals surface area contributed by atoms with Crippen LogP contribution in [0.2, 0.25) is 0 Å². The predicted molar refractivity (Wildman–Crippen MR) is 100.0 cm³/mol. The maximum Gasteiger partial charge on any atom is 0.243 e. The van der Waals surface area contributed by atoms with Gasteiger partial charge < -0.3 is 0 Å². The lowest BCUT2D eigenvalue weighted by Crippen LogP contribution is -2.31. The Morgan fingerprint density at radius 2 is 1.77 bits per heavy atom. The zero-order valence-electron chi connectivity index (χ0n) is 14.0. The summed E-state index contributed by atoms with van der Waals surface area (Å²) in [6.07, 6.45) is 3.23. The molecule has 0 bridgehead atoms. The van der Waals surface area contributed by atoms with Crippen LogP contribution in [0.5, 0.6) is 0 Å². The molecule has 140 valence electrons. The normalized spacial score (nSPS) is 21.9. The molecule has 0 spiro atoms. The largest absolute Gasteiger partial charge is 0.243 e. The van der Waals surface area contributed by atoms with Crippen LogP contribution >= 0.6 is 11.3 Å². The monoisotopic (exact) mass is 412 g/mol. The van der Waals surface area contributed by atoms with E-state index >= 15 is 0 Å². The second kappa shape index (κ2) is 6.72. The summed E-state index contributed by atoms with van der Waals surface area (Å²) in [7, 11) is -7.45. The number of benzene rings is 1. The number of nitrogens with one attached hydrogen (secondary N) is 1. The van der Waals surface area contributed by atoms with E-state index in [1.165, 1.54) is 28.6 Å². The highest BCUT2D eigenvalue weighted by molar-refractivity contribution is 7.90. The summed E-state index contributed by atoms with van der Waals surface area (Å²) in [5.41, 5.74) is 0. The quantitative estimate of drug-likeness (QED) is 0.791. The Bertz CT molecular complexity index is 996. The first-order valence-corrected chi connectivity index (χ1v) is 12.4. The van der Waals surface area contributed by atoms with Crippen molar-refractivity contribution in [2.75, 3.05) is 6.54 Å². The molecular weight excluding hydrogens is 392 g/mol. The molecule has 6 nitrogen and oxygen atoms in total. The molecule has 2 fully saturated rings. The van der Waals surface area contributed by atoms with Gasteiger partial charge in [-0.15, -0.1) is 11.3 Å². The lowest BCUT2D eigenvalue weighted by atomic mass is 10.2. The molecule has 4 rings (SSSR count). The van der Waals surface area contributed by atoms with Crippen molar-refractivity contribution in [3.63, 3.8) is 0 Å². The van der Waals surface area contributed by atoms with Crippen LogP contribution in [0.15, 0.2) is 51.6 Å². The van der Waals surface area contributed by atoms with Crippen molar-refractivity contribution < 1.29 is 16.8 Å². The molecule has 0 radical (unpaired) electrons. The minimum Gasteiger partial charge on any atom is -0.208 e. The molecule has 2 aromatic rings. The van der Waals surface area contributed by atoms with Gasteiger partial charge in [-0.1, -0.05) is 12.1 Å². The van der Waals surface area contributed by atoms with Gasteiger partial charge in [-0.25, -0.2) is 21.6 Å². The van der Waals surface area contributed by atoms with Crippen LogP contribution in [0.4, 0.5) is 0 Å². The summed E-state index contributed by atoms with van der Waals surface area (Å²) in [6, 6.07) is 9.32. The van der Waals surface area contributed by atoms with Crippen LogP contribution < -0.4 is 4.72 Å². The molecule has 1 aromatic heterocycles. The van der Waals surface area contributed by atoms with E-state index in [0.717, 1.165) is 30.6 Å². The molecule has 1 saturated heterocycles. The van der Waals surface area contributed by atoms with Crippen molar-refractivity contribution in [1.29, 1.82) is 0 Å². The van der Waals surface area contributed by atoms with Gasteiger partial charge in [0.15, 0.2) is 0 Å². The summed E-state index contributed by atoms with van der Waals surface area (Å²) in [6.45, 7) is 0.447. The van der Waals surface area contributed by atoms with Crippen molar-refractivity contribution >= 4 is 31.4 Å². The molecule has 1 aliphatic carbocycles. The highest BCUT2D eigenvalue weighted by Gasteiger charge is 2.37. The maximum absolute atomic E-state index is 13.2. The van der Waals surface area contributed by atoms with Crippen molar-refractivity contribution in [3.8, 4) is 0 Å². The van der Waals surface area contributed by atoms with Crippen molar-refractivity contribution in [3.05, 3.63) is 46.7 Å². The Labute approximate surface area is 158 Å². The third kappa shape index (κ3) is 3.46. The zero-order chi connectivity index (χ0) is 18.4. The van der Waals surface area contributed by atoms with Gasteiger partial charge in [-0.2, -0.15) is 4.31 Å². The minimum atomic E-state index is -3.76. The Hall–Kier alpha value is -1.26. The van der Waals surface area contributed by atoms with E-state index < -0.39 is 20.0 Å². The number of nitrogens with zero attached hydrogens (tertiary/aromatic N) is 1. The molecule has 1 saturated carbocycles. The topological polar surface area (TPSA) is 83.5 Å². The van der Waals surface area contributed by atoms with Crippen molar-refractivity contribution in [1.82, 2.24) is 9.03 Å². The highest BCUT2D eigenvalue weighted by Crippen LogP contribution is 2.38. The first kappa shape index (κ1) is 18.1. The fourth-order valence-electron chi connectivity index (χ4n) is 3.22. The second-order valence-corrected chi connectivity index (χ2v) is 11.2. The third-order valence-corrected chi connectivity index (χ3v) is 9.09. The number of sulfonamides is 2. The molecule has 1 aromatic carbocycles. The van der Waals surface area contributed by atoms with Gasteiger partial charge >= 0.3 is 0 Å². The second-order valence-electron chi connectivity index (χ2n) is 6.66. The molecule has 1 aliphatic heterocycles. The van der Waals surface area contributed by atoms with Gasteiger partial charge in [-0.05, 0) is 55.3 Å². The van der Waals surface area contributed by atoms with Crippen LogP contribution in [-0.2, 0) is 20.0 Å². The van der Waals surface area contributed by atoms with E-state index in [9.17, 15) is 16.8 Å². The smallest absolute Gasteiger partial charge is 0.208 e. The van der Waals surface area contributed by atoms with E-state index in [1.54, 1.807) is 11.3 Å². The van der Waals surface area contributed by atoms with Gasteiger partial charge in [-0.3, -0.25) is 0 Å². The number of hydrogen-bond acceptors (Lipinski definition) is 5. The van der Waals surface area contributed by atoms with E-state index in [2.05, 4.69) is 4.72 Å². The van der Waals surface area contributed by atoms with Crippen LogP contribution in [0.3, 0.4) is 0 Å². The van der Waals surface area contributed by atoms with Crippen molar-refractivity contribution in [2.24, 2.45) is 0 Å². The minimum absolute atomic E-state index is 0.00246. The fraction of sp³-hybridized carbons (Fsp3) is 0.412. The van der Waals surface area contributed by atoms with Gasteiger partial charge in [0.1, 0.15) is 0 Å². The van der Waals surface area contributed by atoms with E-state index in [0.29, 0.717) is 6.54 Å². The molecule has 2 aliphatic rings. The standard InChI is InChI=1S/C17H20N2O4S3/c20-25(21,18-13-8-9-13)14-4-1-5-15(12-14)26(22,23)19-10-2-6-16(19)17-7-3-11-24-17/h1,3-5,7,11-13,16,18H,2,6,8-10H2. The third-order valence-electron chi connectivity index (χ3n) is 4.70. The van der Waals surface area contributed by atoms with Crippen LogP contribution in [0, 0.1) is 0 Å². The summed E-state index contributed by atoms with van der Waals surface area (Å²) < 4.78 is 55.3.